The quantitative estimate of drug-likeness (QED) is 0.771. The molecule has 8 atom stereocenters. The molecule has 25 heavy (non-hydrogen) atoms. The molecule has 4 saturated carbocycles. The number of carboxylic acids is 1. The molecule has 4 aliphatic carbocycles. The number of carbonyl (C=O) groups is 2. The van der Waals surface area contributed by atoms with E-state index in [0.717, 1.165) is 43.4 Å². The fourth-order valence-corrected chi connectivity index (χ4v) is 8.15. The summed E-state index contributed by atoms with van der Waals surface area (Å²) in [6, 6.07) is 0. The fourth-order valence-electron chi connectivity index (χ4n) is 8.15. The molecule has 1 N–H and O–H groups in total. The molecule has 3 nitrogen and oxygen atoms in total. The summed E-state index contributed by atoms with van der Waals surface area (Å²) in [7, 11) is 0. The maximum Gasteiger partial charge on any atom is 0.306 e. The molecule has 2 unspecified atom stereocenters. The highest BCUT2D eigenvalue weighted by atomic mass is 16.4. The number of aliphatic carboxylic acids is 1. The summed E-state index contributed by atoms with van der Waals surface area (Å²) in [5, 5.41) is 9.45. The van der Waals surface area contributed by atoms with Crippen molar-refractivity contribution >= 4 is 11.8 Å². The molecule has 0 bridgehead atoms. The van der Waals surface area contributed by atoms with Gasteiger partial charge >= 0.3 is 5.97 Å². The lowest BCUT2D eigenvalue weighted by Gasteiger charge is -2.61. The van der Waals surface area contributed by atoms with Crippen LogP contribution in [0.3, 0.4) is 0 Å². The normalized spacial score (nSPS) is 52.0. The average Bonchev–Trinajstić information content (AvgIpc) is 2.91. The highest BCUT2D eigenvalue weighted by Crippen LogP contribution is 2.67. The van der Waals surface area contributed by atoms with E-state index in [2.05, 4.69) is 13.8 Å². The molecule has 0 aromatic rings. The first-order valence-corrected chi connectivity index (χ1v) is 10.5. The number of rotatable bonds is 2. The van der Waals surface area contributed by atoms with Crippen LogP contribution in [0, 0.1) is 46.3 Å². The van der Waals surface area contributed by atoms with Gasteiger partial charge in [0.2, 0.25) is 0 Å². The van der Waals surface area contributed by atoms with Crippen molar-refractivity contribution in [3.8, 4) is 0 Å². The summed E-state index contributed by atoms with van der Waals surface area (Å²) in [6.07, 6.45) is 10.1. The number of Topliss-reactive ketones (excluding diaryl/α,β-unsaturated/α-hetero) is 1. The van der Waals surface area contributed by atoms with Crippen LogP contribution in [0.15, 0.2) is 0 Å². The summed E-state index contributed by atoms with van der Waals surface area (Å²) < 4.78 is 0. The van der Waals surface area contributed by atoms with E-state index in [1.54, 1.807) is 6.92 Å². The van der Waals surface area contributed by atoms with Crippen molar-refractivity contribution in [3.05, 3.63) is 0 Å². The Morgan fingerprint density at radius 3 is 2.24 bits per heavy atom. The summed E-state index contributed by atoms with van der Waals surface area (Å²) in [5.41, 5.74) is 0.568. The second-order valence-corrected chi connectivity index (χ2v) is 10.3. The lowest BCUT2D eigenvalue weighted by Crippen LogP contribution is -2.54. The number of fused-ring (bicyclic) bond motifs is 5. The molecule has 3 heteroatoms. The summed E-state index contributed by atoms with van der Waals surface area (Å²) in [6.45, 7) is 6.69. The van der Waals surface area contributed by atoms with Crippen molar-refractivity contribution < 1.29 is 14.7 Å². The van der Waals surface area contributed by atoms with Crippen LogP contribution in [0.4, 0.5) is 0 Å². The molecule has 4 aliphatic rings. The predicted molar refractivity (Wildman–Crippen MR) is 97.0 cm³/mol. The van der Waals surface area contributed by atoms with Crippen LogP contribution >= 0.6 is 0 Å². The van der Waals surface area contributed by atoms with E-state index >= 15 is 0 Å². The Morgan fingerprint density at radius 1 is 0.880 bits per heavy atom. The monoisotopic (exact) mass is 346 g/mol. The fraction of sp³-hybridized carbons (Fsp3) is 0.909. The van der Waals surface area contributed by atoms with Gasteiger partial charge in [-0.2, -0.15) is 0 Å². The van der Waals surface area contributed by atoms with Crippen LogP contribution in [0.1, 0.15) is 78.6 Å². The Balaban J connectivity index is 1.58. The van der Waals surface area contributed by atoms with Crippen LogP contribution in [0.5, 0.6) is 0 Å². The smallest absolute Gasteiger partial charge is 0.306 e. The molecule has 0 aromatic carbocycles. The molecule has 0 aliphatic heterocycles. The third kappa shape index (κ3) is 2.44. The van der Waals surface area contributed by atoms with Crippen molar-refractivity contribution in [1.82, 2.24) is 0 Å². The topological polar surface area (TPSA) is 54.4 Å². The molecular weight excluding hydrogens is 312 g/mol. The second kappa shape index (κ2) is 5.82. The van der Waals surface area contributed by atoms with Gasteiger partial charge < -0.3 is 5.11 Å². The zero-order valence-corrected chi connectivity index (χ0v) is 16.1. The predicted octanol–water partition coefficient (Wildman–Crippen LogP) is 4.94. The first kappa shape index (κ1) is 17.5. The van der Waals surface area contributed by atoms with Crippen LogP contribution in [0.2, 0.25) is 0 Å². The van der Waals surface area contributed by atoms with E-state index < -0.39 is 5.97 Å². The molecule has 0 radical (unpaired) electrons. The van der Waals surface area contributed by atoms with Gasteiger partial charge in [-0.25, -0.2) is 0 Å². The maximum absolute atomic E-state index is 12.2. The van der Waals surface area contributed by atoms with Gasteiger partial charge in [0, 0.05) is 5.92 Å². The molecule has 4 fully saturated rings. The van der Waals surface area contributed by atoms with E-state index in [-0.39, 0.29) is 17.3 Å². The highest BCUT2D eigenvalue weighted by Gasteiger charge is 2.60. The zero-order chi connectivity index (χ0) is 18.0. The summed E-state index contributed by atoms with van der Waals surface area (Å²) in [4.78, 5) is 23.7. The van der Waals surface area contributed by atoms with Gasteiger partial charge in [0.1, 0.15) is 5.78 Å². The maximum atomic E-state index is 12.2. The molecule has 140 valence electrons. The molecule has 0 saturated heterocycles. The van der Waals surface area contributed by atoms with Crippen LogP contribution in [0.25, 0.3) is 0 Å². The van der Waals surface area contributed by atoms with Gasteiger partial charge in [0.25, 0.3) is 0 Å². The molecular formula is C22H34O3. The lowest BCUT2D eigenvalue weighted by molar-refractivity contribution is -0.152. The average molecular weight is 347 g/mol. The van der Waals surface area contributed by atoms with Crippen LogP contribution in [-0.2, 0) is 9.59 Å². The van der Waals surface area contributed by atoms with Gasteiger partial charge in [-0.3, -0.25) is 9.59 Å². The number of carboxylic acid groups (broad SMARTS) is 1. The first-order valence-electron chi connectivity index (χ1n) is 10.5. The van der Waals surface area contributed by atoms with E-state index in [1.165, 1.54) is 32.1 Å². The number of hydrogen-bond donors (Lipinski definition) is 1. The molecule has 0 amide bonds. The van der Waals surface area contributed by atoms with E-state index in [9.17, 15) is 14.7 Å². The molecule has 0 aromatic heterocycles. The second-order valence-electron chi connectivity index (χ2n) is 10.3. The Kier molecular flexibility index (Phi) is 4.09. The van der Waals surface area contributed by atoms with E-state index in [4.69, 9.17) is 0 Å². The number of hydrogen-bond acceptors (Lipinski definition) is 2. The van der Waals surface area contributed by atoms with Crippen molar-refractivity contribution in [1.29, 1.82) is 0 Å². The molecule has 0 spiro atoms. The van der Waals surface area contributed by atoms with Crippen molar-refractivity contribution in [2.75, 3.05) is 0 Å². The van der Waals surface area contributed by atoms with Crippen molar-refractivity contribution in [3.63, 3.8) is 0 Å². The zero-order valence-electron chi connectivity index (χ0n) is 16.1. The van der Waals surface area contributed by atoms with Gasteiger partial charge in [0.15, 0.2) is 0 Å². The third-order valence-electron chi connectivity index (χ3n) is 9.51. The Hall–Kier alpha value is -0.860. The minimum Gasteiger partial charge on any atom is -0.481 e. The minimum atomic E-state index is -0.583. The van der Waals surface area contributed by atoms with E-state index in [0.29, 0.717) is 17.1 Å². The van der Waals surface area contributed by atoms with Gasteiger partial charge in [-0.05, 0) is 99.2 Å². The van der Waals surface area contributed by atoms with E-state index in [1.807, 2.05) is 0 Å². The Bertz CT molecular complexity index is 584. The summed E-state index contributed by atoms with van der Waals surface area (Å²) >= 11 is 0. The third-order valence-corrected chi connectivity index (χ3v) is 9.51. The minimum absolute atomic E-state index is 0.114. The number of ketones is 1. The van der Waals surface area contributed by atoms with Crippen molar-refractivity contribution in [2.24, 2.45) is 46.3 Å². The van der Waals surface area contributed by atoms with Gasteiger partial charge in [-0.15, -0.1) is 0 Å². The molecule has 0 heterocycles. The van der Waals surface area contributed by atoms with Crippen molar-refractivity contribution in [2.45, 2.75) is 78.6 Å². The summed E-state index contributed by atoms with van der Waals surface area (Å²) in [5.74, 6) is 2.83. The van der Waals surface area contributed by atoms with Gasteiger partial charge in [0.05, 0.1) is 5.92 Å². The Labute approximate surface area is 151 Å². The number of carbonyl (C=O) groups excluding carboxylic acids is 1. The highest BCUT2D eigenvalue weighted by molar-refractivity contribution is 5.79. The molecule has 4 rings (SSSR count). The standard InChI is InChI=1S/C22H34O3/c1-13(23)17-6-7-18-16-5-4-15-12-14(20(24)25)8-10-21(15,2)19(16)9-11-22(17,18)3/h14-19H,4-12H2,1-3H3,(H,24,25)/t14?,15?,16-,17+,18-,19-,21-,22+/m0/s1. The first-order chi connectivity index (χ1) is 11.8. The Morgan fingerprint density at radius 2 is 1.56 bits per heavy atom. The van der Waals surface area contributed by atoms with Gasteiger partial charge in [-0.1, -0.05) is 13.8 Å². The lowest BCUT2D eigenvalue weighted by atomic mass is 9.44. The SMILES string of the molecule is CC(=O)[C@H]1CC[C@H]2[C@@H]3CCC4CC(C(=O)O)CC[C@]4(C)[C@H]3CC[C@]12C. The largest absolute Gasteiger partial charge is 0.481 e. The van der Waals surface area contributed by atoms with Crippen LogP contribution in [-0.4, -0.2) is 16.9 Å². The van der Waals surface area contributed by atoms with Crippen LogP contribution < -0.4 is 0 Å².